The summed E-state index contributed by atoms with van der Waals surface area (Å²) in [6.07, 6.45) is 1.79. The molecular weight excluding hydrogens is 424 g/mol. The molecule has 0 aliphatic carbocycles. The van der Waals surface area contributed by atoms with Crippen molar-refractivity contribution in [3.05, 3.63) is 82.9 Å². The predicted octanol–water partition coefficient (Wildman–Crippen LogP) is 3.81. The van der Waals surface area contributed by atoms with E-state index >= 15 is 0 Å². The normalized spacial score (nSPS) is 18.1. The van der Waals surface area contributed by atoms with Gasteiger partial charge in [0, 0.05) is 36.9 Å². The first kappa shape index (κ1) is 22.0. The number of rotatable bonds is 7. The third-order valence-electron chi connectivity index (χ3n) is 5.90. The van der Waals surface area contributed by atoms with Gasteiger partial charge in [0.2, 0.25) is 0 Å². The lowest BCUT2D eigenvalue weighted by Crippen LogP contribution is -2.32. The summed E-state index contributed by atoms with van der Waals surface area (Å²) < 4.78 is 7.48. The number of aromatic nitrogens is 2. The number of benzene rings is 1. The molecule has 0 spiro atoms. The number of nitrogens with zero attached hydrogens (tertiary/aromatic N) is 3. The molecule has 1 aliphatic heterocycles. The number of aryl methyl sites for hydroxylation is 1. The van der Waals surface area contributed by atoms with Gasteiger partial charge in [0.25, 0.3) is 0 Å². The Kier molecular flexibility index (Phi) is 6.25. The number of pyridine rings is 1. The van der Waals surface area contributed by atoms with Crippen LogP contribution in [0.25, 0.3) is 5.69 Å². The second-order valence-corrected chi connectivity index (χ2v) is 8.21. The van der Waals surface area contributed by atoms with Crippen molar-refractivity contribution in [2.45, 2.75) is 25.9 Å². The molecule has 1 aromatic carbocycles. The van der Waals surface area contributed by atoms with Gasteiger partial charge in [-0.3, -0.25) is 4.98 Å². The maximum atomic E-state index is 11.2. The summed E-state index contributed by atoms with van der Waals surface area (Å²) in [5, 5.41) is 13.4. The standard InChI is InChI=1S/C24H26N4O3S/c1-15-14-19(16(2)28(15)18-9-7-17(8-10-18)23(29)30)22-21(20-6-4-5-11-25-20)26-24(32)27(22)12-13-31-3/h4-11,14,21-22H,12-13H2,1-3H3,(H,26,32)(H,29,30)/t21-,22+/m0/s1. The summed E-state index contributed by atoms with van der Waals surface area (Å²) in [5.74, 6) is -0.935. The Labute approximate surface area is 192 Å². The molecule has 2 atom stereocenters. The van der Waals surface area contributed by atoms with E-state index in [0.29, 0.717) is 18.3 Å². The van der Waals surface area contributed by atoms with Gasteiger partial charge in [0.1, 0.15) is 0 Å². The van der Waals surface area contributed by atoms with Crippen LogP contribution in [0.3, 0.4) is 0 Å². The van der Waals surface area contributed by atoms with Gasteiger partial charge in [-0.15, -0.1) is 0 Å². The van der Waals surface area contributed by atoms with E-state index in [2.05, 4.69) is 39.7 Å². The fraction of sp³-hybridized carbons (Fsp3) is 0.292. The predicted molar refractivity (Wildman–Crippen MR) is 126 cm³/mol. The minimum atomic E-state index is -0.935. The van der Waals surface area contributed by atoms with Crippen LogP contribution in [0.2, 0.25) is 0 Å². The number of hydrogen-bond acceptors (Lipinski definition) is 4. The van der Waals surface area contributed by atoms with Gasteiger partial charge in [0.05, 0.1) is 29.9 Å². The molecule has 3 aromatic rings. The summed E-state index contributed by atoms with van der Waals surface area (Å²) in [5.41, 5.74) is 5.39. The fourth-order valence-electron chi connectivity index (χ4n) is 4.41. The molecule has 1 fully saturated rings. The third-order valence-corrected chi connectivity index (χ3v) is 6.25. The average Bonchev–Trinajstić information content (AvgIpc) is 3.27. The molecule has 2 aromatic heterocycles. The molecular formula is C24H26N4O3S. The van der Waals surface area contributed by atoms with Crippen LogP contribution in [0.1, 0.15) is 45.1 Å². The van der Waals surface area contributed by atoms with Gasteiger partial charge in [-0.2, -0.15) is 0 Å². The molecule has 0 unspecified atom stereocenters. The highest BCUT2D eigenvalue weighted by Gasteiger charge is 2.41. The van der Waals surface area contributed by atoms with Gasteiger partial charge in [-0.25, -0.2) is 4.79 Å². The van der Waals surface area contributed by atoms with Crippen molar-refractivity contribution in [2.24, 2.45) is 0 Å². The SMILES string of the molecule is COCCN1C(=S)N[C@@H](c2ccccn2)[C@H]1c1cc(C)n(-c2ccc(C(=O)O)cc2)c1C. The number of carbonyl (C=O) groups is 1. The maximum Gasteiger partial charge on any atom is 0.335 e. The Morgan fingerprint density at radius 2 is 1.97 bits per heavy atom. The Morgan fingerprint density at radius 1 is 1.22 bits per heavy atom. The highest BCUT2D eigenvalue weighted by molar-refractivity contribution is 7.80. The first-order valence-electron chi connectivity index (χ1n) is 10.4. The second kappa shape index (κ2) is 9.10. The molecule has 32 heavy (non-hydrogen) atoms. The van der Waals surface area contributed by atoms with E-state index in [4.69, 9.17) is 17.0 Å². The van der Waals surface area contributed by atoms with E-state index in [1.807, 2.05) is 30.3 Å². The number of aromatic carboxylic acids is 1. The summed E-state index contributed by atoms with van der Waals surface area (Å²) in [6.45, 7) is 5.35. The third kappa shape index (κ3) is 3.99. The van der Waals surface area contributed by atoms with Crippen LogP contribution >= 0.6 is 12.2 Å². The van der Waals surface area contributed by atoms with Gasteiger partial charge in [0.15, 0.2) is 5.11 Å². The first-order valence-corrected chi connectivity index (χ1v) is 10.8. The Bertz CT molecular complexity index is 1130. The summed E-state index contributed by atoms with van der Waals surface area (Å²) in [4.78, 5) is 18.0. The number of ether oxygens (including phenoxy) is 1. The number of carboxylic acid groups (broad SMARTS) is 1. The van der Waals surface area contributed by atoms with Crippen molar-refractivity contribution < 1.29 is 14.6 Å². The van der Waals surface area contributed by atoms with Crippen LogP contribution in [-0.4, -0.2) is 50.9 Å². The van der Waals surface area contributed by atoms with E-state index in [0.717, 1.165) is 28.3 Å². The number of methoxy groups -OCH3 is 1. The van der Waals surface area contributed by atoms with Gasteiger partial charge >= 0.3 is 5.97 Å². The second-order valence-electron chi connectivity index (χ2n) is 7.83. The van der Waals surface area contributed by atoms with E-state index in [1.165, 1.54) is 0 Å². The van der Waals surface area contributed by atoms with Crippen molar-refractivity contribution in [2.75, 3.05) is 20.3 Å². The smallest absolute Gasteiger partial charge is 0.335 e. The van der Waals surface area contributed by atoms with Gasteiger partial charge < -0.3 is 24.6 Å². The molecule has 166 valence electrons. The van der Waals surface area contributed by atoms with Crippen molar-refractivity contribution in [1.29, 1.82) is 0 Å². The van der Waals surface area contributed by atoms with Crippen molar-refractivity contribution in [3.8, 4) is 5.69 Å². The lowest BCUT2D eigenvalue weighted by molar-refractivity contribution is 0.0697. The number of nitrogens with one attached hydrogen (secondary N) is 1. The highest BCUT2D eigenvalue weighted by Crippen LogP contribution is 2.41. The van der Waals surface area contributed by atoms with E-state index in [-0.39, 0.29) is 17.6 Å². The van der Waals surface area contributed by atoms with Crippen molar-refractivity contribution in [1.82, 2.24) is 19.8 Å². The molecule has 3 heterocycles. The topological polar surface area (TPSA) is 79.6 Å². The molecule has 7 nitrogen and oxygen atoms in total. The van der Waals surface area contributed by atoms with Crippen LogP contribution in [0.4, 0.5) is 0 Å². The monoisotopic (exact) mass is 450 g/mol. The molecule has 0 saturated carbocycles. The van der Waals surface area contributed by atoms with Crippen molar-refractivity contribution >= 4 is 23.3 Å². The number of carboxylic acids is 1. The van der Waals surface area contributed by atoms with Crippen LogP contribution in [0.15, 0.2) is 54.7 Å². The van der Waals surface area contributed by atoms with Gasteiger partial charge in [-0.1, -0.05) is 6.07 Å². The summed E-state index contributed by atoms with van der Waals surface area (Å²) in [6, 6.07) is 14.9. The van der Waals surface area contributed by atoms with Crippen molar-refractivity contribution in [3.63, 3.8) is 0 Å². The summed E-state index contributed by atoms with van der Waals surface area (Å²) in [7, 11) is 1.68. The number of thiocarbonyl (C=S) groups is 1. The molecule has 0 radical (unpaired) electrons. The minimum absolute atomic E-state index is 0.0502. The lowest BCUT2D eigenvalue weighted by atomic mass is 9.97. The quantitative estimate of drug-likeness (QED) is 0.530. The Balaban J connectivity index is 1.79. The van der Waals surface area contributed by atoms with E-state index < -0.39 is 5.97 Å². The highest BCUT2D eigenvalue weighted by atomic mass is 32.1. The van der Waals surface area contributed by atoms with Crippen LogP contribution < -0.4 is 5.32 Å². The average molecular weight is 451 g/mol. The number of hydrogen-bond donors (Lipinski definition) is 2. The van der Waals surface area contributed by atoms with Crippen LogP contribution in [0.5, 0.6) is 0 Å². The molecule has 1 saturated heterocycles. The zero-order valence-electron chi connectivity index (χ0n) is 18.3. The lowest BCUT2D eigenvalue weighted by Gasteiger charge is -2.28. The minimum Gasteiger partial charge on any atom is -0.478 e. The van der Waals surface area contributed by atoms with Crippen LogP contribution in [0, 0.1) is 13.8 Å². The zero-order valence-corrected chi connectivity index (χ0v) is 19.1. The molecule has 4 rings (SSSR count). The molecule has 1 aliphatic rings. The maximum absolute atomic E-state index is 11.2. The summed E-state index contributed by atoms with van der Waals surface area (Å²) >= 11 is 5.69. The van der Waals surface area contributed by atoms with Gasteiger partial charge in [-0.05, 0) is 74.1 Å². The molecule has 0 bridgehead atoms. The largest absolute Gasteiger partial charge is 0.478 e. The van der Waals surface area contributed by atoms with E-state index in [9.17, 15) is 9.90 Å². The molecule has 2 N–H and O–H groups in total. The molecule has 0 amide bonds. The van der Waals surface area contributed by atoms with Crippen LogP contribution in [-0.2, 0) is 4.74 Å². The zero-order chi connectivity index (χ0) is 22.8. The van der Waals surface area contributed by atoms with E-state index in [1.54, 1.807) is 25.4 Å². The fourth-order valence-corrected chi connectivity index (χ4v) is 4.74. The molecule has 8 heteroatoms. The Hall–Kier alpha value is -3.23. The first-order chi connectivity index (χ1) is 15.4. The Morgan fingerprint density at radius 3 is 2.59 bits per heavy atom.